The first kappa shape index (κ1) is 11.1. The first-order valence-corrected chi connectivity index (χ1v) is 5.88. The van der Waals surface area contributed by atoms with Crippen LogP contribution in [0.1, 0.15) is 19.8 Å². The van der Waals surface area contributed by atoms with Gasteiger partial charge in [0.25, 0.3) is 0 Å². The second-order valence-electron chi connectivity index (χ2n) is 4.66. The molecule has 0 aliphatic carbocycles. The number of ether oxygens (including phenoxy) is 1. The molecule has 3 heteroatoms. The van der Waals surface area contributed by atoms with Crippen LogP contribution < -0.4 is 15.4 Å². The van der Waals surface area contributed by atoms with Gasteiger partial charge in [-0.1, -0.05) is 6.92 Å². The van der Waals surface area contributed by atoms with Gasteiger partial charge in [0.15, 0.2) is 0 Å². The van der Waals surface area contributed by atoms with E-state index >= 15 is 0 Å². The second kappa shape index (κ2) is 4.64. The Bertz CT molecular complexity index is 365. The average Bonchev–Trinajstić information content (AvgIpc) is 2.28. The van der Waals surface area contributed by atoms with Gasteiger partial charge in [0.05, 0.1) is 7.11 Å². The molecule has 1 aromatic rings. The van der Waals surface area contributed by atoms with Gasteiger partial charge in [-0.2, -0.15) is 0 Å². The molecule has 0 saturated carbocycles. The summed E-state index contributed by atoms with van der Waals surface area (Å²) < 4.78 is 5.25. The molecule has 2 rings (SSSR count). The van der Waals surface area contributed by atoms with E-state index < -0.39 is 0 Å². The van der Waals surface area contributed by atoms with E-state index in [0.717, 1.165) is 30.4 Å². The summed E-state index contributed by atoms with van der Waals surface area (Å²) in [5.41, 5.74) is 7.82. The molecule has 2 N–H and O–H groups in total. The SMILES string of the molecule is COc1cc(N)cc(N2CCCC(C)C2)c1. The van der Waals surface area contributed by atoms with Crippen molar-refractivity contribution in [2.75, 3.05) is 30.8 Å². The number of methoxy groups -OCH3 is 1. The predicted octanol–water partition coefficient (Wildman–Crippen LogP) is 2.51. The summed E-state index contributed by atoms with van der Waals surface area (Å²) in [4.78, 5) is 2.40. The van der Waals surface area contributed by atoms with Crippen molar-refractivity contribution in [2.24, 2.45) is 5.92 Å². The topological polar surface area (TPSA) is 38.5 Å². The van der Waals surface area contributed by atoms with Gasteiger partial charge in [0.1, 0.15) is 5.75 Å². The Hall–Kier alpha value is -1.38. The average molecular weight is 220 g/mol. The zero-order valence-electron chi connectivity index (χ0n) is 10.1. The van der Waals surface area contributed by atoms with Gasteiger partial charge in [0, 0.05) is 36.6 Å². The molecule has 1 unspecified atom stereocenters. The van der Waals surface area contributed by atoms with Gasteiger partial charge < -0.3 is 15.4 Å². The van der Waals surface area contributed by atoms with Gasteiger partial charge in [-0.3, -0.25) is 0 Å². The Kier molecular flexibility index (Phi) is 3.22. The molecule has 0 amide bonds. The summed E-state index contributed by atoms with van der Waals surface area (Å²) in [5, 5.41) is 0. The van der Waals surface area contributed by atoms with Crippen LogP contribution in [-0.4, -0.2) is 20.2 Å². The highest BCUT2D eigenvalue weighted by Gasteiger charge is 2.17. The monoisotopic (exact) mass is 220 g/mol. The fourth-order valence-electron chi connectivity index (χ4n) is 2.33. The van der Waals surface area contributed by atoms with Crippen LogP contribution in [0.25, 0.3) is 0 Å². The summed E-state index contributed by atoms with van der Waals surface area (Å²) in [6.45, 7) is 4.54. The summed E-state index contributed by atoms with van der Waals surface area (Å²) in [6, 6.07) is 5.95. The quantitative estimate of drug-likeness (QED) is 0.778. The second-order valence-corrected chi connectivity index (χ2v) is 4.66. The lowest BCUT2D eigenvalue weighted by molar-refractivity contribution is 0.413. The van der Waals surface area contributed by atoms with Gasteiger partial charge in [-0.15, -0.1) is 0 Å². The zero-order chi connectivity index (χ0) is 11.5. The summed E-state index contributed by atoms with van der Waals surface area (Å²) in [5.74, 6) is 1.61. The third-order valence-corrected chi connectivity index (χ3v) is 3.17. The van der Waals surface area contributed by atoms with Crippen LogP contribution in [0.3, 0.4) is 0 Å². The molecule has 1 aliphatic rings. The third kappa shape index (κ3) is 2.40. The Balaban J connectivity index is 2.21. The molecule has 1 aliphatic heterocycles. The molecule has 88 valence electrons. The summed E-state index contributed by atoms with van der Waals surface area (Å²) in [7, 11) is 1.68. The van der Waals surface area contributed by atoms with Crippen LogP contribution in [0.4, 0.5) is 11.4 Å². The van der Waals surface area contributed by atoms with E-state index in [0.29, 0.717) is 0 Å². The van der Waals surface area contributed by atoms with Crippen molar-refractivity contribution in [3.05, 3.63) is 18.2 Å². The van der Waals surface area contributed by atoms with Crippen molar-refractivity contribution in [1.82, 2.24) is 0 Å². The number of hydrogen-bond donors (Lipinski definition) is 1. The fraction of sp³-hybridized carbons (Fsp3) is 0.538. The summed E-state index contributed by atoms with van der Waals surface area (Å²) >= 11 is 0. The van der Waals surface area contributed by atoms with Crippen molar-refractivity contribution in [1.29, 1.82) is 0 Å². The van der Waals surface area contributed by atoms with Gasteiger partial charge >= 0.3 is 0 Å². The van der Waals surface area contributed by atoms with Crippen molar-refractivity contribution in [3.8, 4) is 5.75 Å². The van der Waals surface area contributed by atoms with Crippen molar-refractivity contribution in [2.45, 2.75) is 19.8 Å². The van der Waals surface area contributed by atoms with Crippen molar-refractivity contribution in [3.63, 3.8) is 0 Å². The largest absolute Gasteiger partial charge is 0.497 e. The van der Waals surface area contributed by atoms with E-state index in [1.165, 1.54) is 18.5 Å². The van der Waals surface area contributed by atoms with Crippen LogP contribution in [-0.2, 0) is 0 Å². The normalized spacial score (nSPS) is 20.9. The predicted molar refractivity (Wildman–Crippen MR) is 68.0 cm³/mol. The van der Waals surface area contributed by atoms with E-state index in [1.54, 1.807) is 7.11 Å². The number of hydrogen-bond acceptors (Lipinski definition) is 3. The van der Waals surface area contributed by atoms with Crippen LogP contribution >= 0.6 is 0 Å². The van der Waals surface area contributed by atoms with E-state index in [2.05, 4.69) is 17.9 Å². The number of nitrogens with zero attached hydrogens (tertiary/aromatic N) is 1. The lowest BCUT2D eigenvalue weighted by Gasteiger charge is -2.33. The maximum absolute atomic E-state index is 5.87. The molecular formula is C13H20N2O. The third-order valence-electron chi connectivity index (χ3n) is 3.17. The fourth-order valence-corrected chi connectivity index (χ4v) is 2.33. The molecule has 1 saturated heterocycles. The van der Waals surface area contributed by atoms with Crippen LogP contribution in [0.5, 0.6) is 5.75 Å². The smallest absolute Gasteiger partial charge is 0.122 e. The molecule has 1 heterocycles. The minimum absolute atomic E-state index is 0.765. The Labute approximate surface area is 97.2 Å². The molecule has 1 aromatic carbocycles. The van der Waals surface area contributed by atoms with Crippen molar-refractivity contribution < 1.29 is 4.74 Å². The maximum atomic E-state index is 5.87. The Morgan fingerprint density at radius 1 is 1.38 bits per heavy atom. The molecule has 1 fully saturated rings. The molecule has 3 nitrogen and oxygen atoms in total. The number of benzene rings is 1. The highest BCUT2D eigenvalue weighted by atomic mass is 16.5. The van der Waals surface area contributed by atoms with E-state index in [9.17, 15) is 0 Å². The number of piperidine rings is 1. The molecule has 1 atom stereocenters. The highest BCUT2D eigenvalue weighted by molar-refractivity contribution is 5.60. The number of anilines is 2. The molecule has 0 spiro atoms. The first-order chi connectivity index (χ1) is 7.69. The summed E-state index contributed by atoms with van der Waals surface area (Å²) in [6.07, 6.45) is 2.59. The van der Waals surface area contributed by atoms with Gasteiger partial charge in [-0.05, 0) is 24.8 Å². The van der Waals surface area contributed by atoms with Gasteiger partial charge in [-0.25, -0.2) is 0 Å². The minimum atomic E-state index is 0.765. The lowest BCUT2D eigenvalue weighted by atomic mass is 10.00. The maximum Gasteiger partial charge on any atom is 0.122 e. The molecule has 0 bridgehead atoms. The van der Waals surface area contributed by atoms with Crippen LogP contribution in [0, 0.1) is 5.92 Å². The number of rotatable bonds is 2. The Morgan fingerprint density at radius 2 is 2.19 bits per heavy atom. The Morgan fingerprint density at radius 3 is 2.88 bits per heavy atom. The number of nitrogens with two attached hydrogens (primary N) is 1. The lowest BCUT2D eigenvalue weighted by Crippen LogP contribution is -2.34. The number of nitrogen functional groups attached to an aromatic ring is 1. The first-order valence-electron chi connectivity index (χ1n) is 5.88. The molecule has 0 aromatic heterocycles. The van der Waals surface area contributed by atoms with E-state index in [-0.39, 0.29) is 0 Å². The van der Waals surface area contributed by atoms with E-state index in [4.69, 9.17) is 10.5 Å². The van der Waals surface area contributed by atoms with Crippen LogP contribution in [0.2, 0.25) is 0 Å². The standard InChI is InChI=1S/C13H20N2O/c1-10-4-3-5-15(9-10)12-6-11(14)7-13(8-12)16-2/h6-8,10H,3-5,9,14H2,1-2H3. The van der Waals surface area contributed by atoms with Crippen LogP contribution in [0.15, 0.2) is 18.2 Å². The zero-order valence-corrected chi connectivity index (χ0v) is 10.1. The minimum Gasteiger partial charge on any atom is -0.497 e. The molecule has 0 radical (unpaired) electrons. The van der Waals surface area contributed by atoms with Crippen molar-refractivity contribution >= 4 is 11.4 Å². The van der Waals surface area contributed by atoms with E-state index in [1.807, 2.05) is 12.1 Å². The molecule has 16 heavy (non-hydrogen) atoms. The van der Waals surface area contributed by atoms with Gasteiger partial charge in [0.2, 0.25) is 0 Å². The highest BCUT2D eigenvalue weighted by Crippen LogP contribution is 2.28. The molecular weight excluding hydrogens is 200 g/mol.